The van der Waals surface area contributed by atoms with E-state index in [4.69, 9.17) is 4.98 Å². The van der Waals surface area contributed by atoms with Gasteiger partial charge in [0.2, 0.25) is 0 Å². The number of aromatic nitrogens is 4. The quantitative estimate of drug-likeness (QED) is 0.311. The van der Waals surface area contributed by atoms with Crippen LogP contribution in [0, 0.1) is 0 Å². The average Bonchev–Trinajstić information content (AvgIpc) is 3.59. The number of ketones is 1. The van der Waals surface area contributed by atoms with Crippen molar-refractivity contribution in [3.05, 3.63) is 77.5 Å². The summed E-state index contributed by atoms with van der Waals surface area (Å²) in [4.78, 5) is 27.4. The van der Waals surface area contributed by atoms with Crippen LogP contribution in [0.15, 0.2) is 55.0 Å². The van der Waals surface area contributed by atoms with E-state index < -0.39 is 0 Å². The Kier molecular flexibility index (Phi) is 7.29. The minimum absolute atomic E-state index is 0.0975. The van der Waals surface area contributed by atoms with Crippen molar-refractivity contribution < 1.29 is 4.79 Å². The smallest absolute Gasteiger partial charge is 0.168 e. The molecule has 0 amide bonds. The minimum atomic E-state index is 0.0975. The highest BCUT2D eigenvalue weighted by Crippen LogP contribution is 2.28. The van der Waals surface area contributed by atoms with Gasteiger partial charge in [0.05, 0.1) is 30.0 Å². The molecule has 1 aromatic carbocycles. The number of likely N-dealkylation sites (tertiary alicyclic amines) is 2. The molecule has 2 aliphatic rings. The van der Waals surface area contributed by atoms with Crippen LogP contribution in [0.2, 0.25) is 0 Å². The molecule has 0 saturated carbocycles. The normalized spacial score (nSPS) is 16.9. The highest BCUT2D eigenvalue weighted by atomic mass is 16.1. The Morgan fingerprint density at radius 2 is 1.61 bits per heavy atom. The zero-order chi connectivity index (χ0) is 25.9. The first kappa shape index (κ1) is 24.9. The summed E-state index contributed by atoms with van der Waals surface area (Å²) in [6.45, 7) is 6.40. The molecular weight excluding hydrogens is 472 g/mol. The predicted octanol–water partition coefficient (Wildman–Crippen LogP) is 5.04. The number of hydrogen-bond donors (Lipinski definition) is 0. The van der Waals surface area contributed by atoms with Crippen LogP contribution in [0.3, 0.4) is 0 Å². The number of nitrogens with zero attached hydrogens (tertiary/aromatic N) is 6. The lowest BCUT2D eigenvalue weighted by Gasteiger charge is -2.26. The maximum Gasteiger partial charge on any atom is 0.168 e. The number of pyridine rings is 2. The van der Waals surface area contributed by atoms with Crippen LogP contribution >= 0.6 is 0 Å². The van der Waals surface area contributed by atoms with Crippen LogP contribution in [-0.4, -0.2) is 61.5 Å². The van der Waals surface area contributed by atoms with Gasteiger partial charge in [0, 0.05) is 54.1 Å². The molecule has 38 heavy (non-hydrogen) atoms. The van der Waals surface area contributed by atoms with Gasteiger partial charge in [-0.05, 0) is 75.6 Å². The van der Waals surface area contributed by atoms with E-state index in [2.05, 4.69) is 32.0 Å². The molecule has 4 aromatic rings. The summed E-state index contributed by atoms with van der Waals surface area (Å²) in [6, 6.07) is 12.3. The van der Waals surface area contributed by atoms with Crippen molar-refractivity contribution in [3.8, 4) is 11.1 Å². The fourth-order valence-corrected chi connectivity index (χ4v) is 5.85. The lowest BCUT2D eigenvalue weighted by molar-refractivity contribution is 0.0992. The average molecular weight is 509 g/mol. The third-order valence-electron chi connectivity index (χ3n) is 8.01. The monoisotopic (exact) mass is 508 g/mol. The molecular formula is C31H36N6O. The van der Waals surface area contributed by atoms with E-state index >= 15 is 0 Å². The first-order valence-electron chi connectivity index (χ1n) is 14.0. The molecule has 0 radical (unpaired) electrons. The van der Waals surface area contributed by atoms with Crippen LogP contribution in [0.1, 0.15) is 59.4 Å². The SMILES string of the molecule is Cn1ncc(-c2cnc3cnc(CC(=O)c4cccc(CN5CCCC5)c4)cc3c2)c1CN1CCCCC1. The van der Waals surface area contributed by atoms with Crippen LogP contribution in [0.4, 0.5) is 0 Å². The summed E-state index contributed by atoms with van der Waals surface area (Å²) in [7, 11) is 2.02. The minimum Gasteiger partial charge on any atom is -0.299 e. The molecule has 0 spiro atoms. The first-order valence-corrected chi connectivity index (χ1v) is 14.0. The number of rotatable bonds is 8. The second kappa shape index (κ2) is 11.1. The number of aryl methyl sites for hydroxylation is 1. The highest BCUT2D eigenvalue weighted by molar-refractivity contribution is 5.98. The van der Waals surface area contributed by atoms with Crippen molar-refractivity contribution in [1.82, 2.24) is 29.5 Å². The van der Waals surface area contributed by atoms with E-state index in [0.29, 0.717) is 0 Å². The lowest BCUT2D eigenvalue weighted by atomic mass is 10.0. The van der Waals surface area contributed by atoms with Gasteiger partial charge in [-0.25, -0.2) is 0 Å². The summed E-state index contributed by atoms with van der Waals surface area (Å²) in [6.07, 6.45) is 12.3. The van der Waals surface area contributed by atoms with Gasteiger partial charge < -0.3 is 0 Å². The van der Waals surface area contributed by atoms with E-state index in [0.717, 1.165) is 72.6 Å². The van der Waals surface area contributed by atoms with Gasteiger partial charge in [0.1, 0.15) is 0 Å². The van der Waals surface area contributed by atoms with Gasteiger partial charge in [-0.3, -0.25) is 29.2 Å². The van der Waals surface area contributed by atoms with Gasteiger partial charge in [-0.1, -0.05) is 24.6 Å². The van der Waals surface area contributed by atoms with Crippen molar-refractivity contribution in [2.24, 2.45) is 7.05 Å². The maximum atomic E-state index is 13.2. The van der Waals surface area contributed by atoms with Crippen LogP contribution in [-0.2, 0) is 26.6 Å². The van der Waals surface area contributed by atoms with Crippen molar-refractivity contribution in [2.75, 3.05) is 26.2 Å². The molecule has 0 unspecified atom stereocenters. The predicted molar refractivity (Wildman–Crippen MR) is 150 cm³/mol. The largest absolute Gasteiger partial charge is 0.299 e. The molecule has 2 aliphatic heterocycles. The summed E-state index contributed by atoms with van der Waals surface area (Å²) in [5, 5.41) is 5.57. The summed E-state index contributed by atoms with van der Waals surface area (Å²) in [5.41, 5.74) is 6.95. The highest BCUT2D eigenvalue weighted by Gasteiger charge is 2.18. The molecule has 0 bridgehead atoms. The van der Waals surface area contributed by atoms with Crippen LogP contribution in [0.25, 0.3) is 22.0 Å². The molecule has 7 nitrogen and oxygen atoms in total. The Hall–Kier alpha value is -3.42. The van der Waals surface area contributed by atoms with E-state index in [-0.39, 0.29) is 12.2 Å². The molecule has 3 aromatic heterocycles. The van der Waals surface area contributed by atoms with Crippen molar-refractivity contribution in [1.29, 1.82) is 0 Å². The number of benzene rings is 1. The summed E-state index contributed by atoms with van der Waals surface area (Å²) in [5.74, 6) is 0.0975. The van der Waals surface area contributed by atoms with Gasteiger partial charge >= 0.3 is 0 Å². The van der Waals surface area contributed by atoms with Gasteiger partial charge in [0.15, 0.2) is 5.78 Å². The third-order valence-corrected chi connectivity index (χ3v) is 8.01. The number of piperidine rings is 1. The number of fused-ring (bicyclic) bond motifs is 1. The molecule has 2 saturated heterocycles. The molecule has 0 N–H and O–H groups in total. The standard InChI is InChI=1S/C31H36N6O/c1-35-30(22-37-10-3-2-4-11-37)28(19-34-35)26-15-25-16-27(32-20-29(25)33-18-26)17-31(38)24-9-7-8-23(14-24)21-36-12-5-6-13-36/h7-9,14-16,18-20H,2-6,10-13,17,21-22H2,1H3. The number of Topliss-reactive ketones (excluding diaryl/α,β-unsaturated/α-hetero) is 1. The maximum absolute atomic E-state index is 13.2. The van der Waals surface area contributed by atoms with Crippen molar-refractivity contribution in [3.63, 3.8) is 0 Å². The molecule has 7 heteroatoms. The second-order valence-electron chi connectivity index (χ2n) is 10.8. The molecule has 0 atom stereocenters. The second-order valence-corrected chi connectivity index (χ2v) is 10.8. The van der Waals surface area contributed by atoms with Crippen LogP contribution < -0.4 is 0 Å². The van der Waals surface area contributed by atoms with E-state index in [1.165, 1.54) is 43.4 Å². The van der Waals surface area contributed by atoms with Gasteiger partial charge in [-0.15, -0.1) is 0 Å². The Morgan fingerprint density at radius 3 is 2.42 bits per heavy atom. The summed E-state index contributed by atoms with van der Waals surface area (Å²) < 4.78 is 1.99. The zero-order valence-corrected chi connectivity index (χ0v) is 22.3. The Labute approximate surface area is 224 Å². The number of carbonyl (C=O) groups excluding carboxylic acids is 1. The molecule has 196 valence electrons. The van der Waals surface area contributed by atoms with E-state index in [9.17, 15) is 4.79 Å². The molecule has 5 heterocycles. The van der Waals surface area contributed by atoms with E-state index in [1.54, 1.807) is 6.20 Å². The fourth-order valence-electron chi connectivity index (χ4n) is 5.85. The Balaban J connectivity index is 1.21. The lowest BCUT2D eigenvalue weighted by Crippen LogP contribution is -2.30. The van der Waals surface area contributed by atoms with E-state index in [1.807, 2.05) is 48.4 Å². The molecule has 6 rings (SSSR count). The van der Waals surface area contributed by atoms with Crippen molar-refractivity contribution in [2.45, 2.75) is 51.6 Å². The van der Waals surface area contributed by atoms with Gasteiger partial charge in [0.25, 0.3) is 0 Å². The van der Waals surface area contributed by atoms with Crippen LogP contribution in [0.5, 0.6) is 0 Å². The molecule has 0 aliphatic carbocycles. The fraction of sp³-hybridized carbons (Fsp3) is 0.419. The molecule has 2 fully saturated rings. The summed E-state index contributed by atoms with van der Waals surface area (Å²) >= 11 is 0. The Morgan fingerprint density at radius 1 is 0.842 bits per heavy atom. The van der Waals surface area contributed by atoms with Gasteiger partial charge in [-0.2, -0.15) is 5.10 Å². The zero-order valence-electron chi connectivity index (χ0n) is 22.3. The number of carbonyl (C=O) groups is 1. The number of hydrogen-bond acceptors (Lipinski definition) is 6. The van der Waals surface area contributed by atoms with Crippen molar-refractivity contribution >= 4 is 16.7 Å². The first-order chi connectivity index (χ1) is 18.6. The third kappa shape index (κ3) is 5.54. The Bertz CT molecular complexity index is 1430. The topological polar surface area (TPSA) is 67.2 Å².